The average molecular weight is 304 g/mol. The number of hydrogen-bond acceptors (Lipinski definition) is 3. The van der Waals surface area contributed by atoms with Crippen LogP contribution in [0.4, 0.5) is 5.69 Å². The van der Waals surface area contributed by atoms with Crippen LogP contribution in [0.3, 0.4) is 0 Å². The smallest absolute Gasteiger partial charge is 0.255 e. The lowest BCUT2D eigenvalue weighted by Crippen LogP contribution is -2.14. The van der Waals surface area contributed by atoms with Gasteiger partial charge < -0.3 is 16.3 Å². The van der Waals surface area contributed by atoms with Crippen molar-refractivity contribution in [2.45, 2.75) is 6.92 Å². The van der Waals surface area contributed by atoms with Crippen LogP contribution in [-0.2, 0) is 0 Å². The second-order valence-electron chi connectivity index (χ2n) is 4.48. The molecule has 108 valence electrons. The molecule has 0 heterocycles. The van der Waals surface area contributed by atoms with Gasteiger partial charge in [0.05, 0.1) is 0 Å². The van der Waals surface area contributed by atoms with Crippen molar-refractivity contribution in [2.24, 2.45) is 10.9 Å². The molecule has 0 spiro atoms. The van der Waals surface area contributed by atoms with E-state index in [9.17, 15) is 4.79 Å². The lowest BCUT2D eigenvalue weighted by Gasteiger charge is -2.07. The molecule has 6 heteroatoms. The number of hydrogen-bond donors (Lipinski definition) is 3. The summed E-state index contributed by atoms with van der Waals surface area (Å²) in [5.41, 5.74) is 8.01. The minimum atomic E-state index is -0.230. The van der Waals surface area contributed by atoms with Crippen molar-refractivity contribution in [1.29, 1.82) is 0 Å². The summed E-state index contributed by atoms with van der Waals surface area (Å²) < 4.78 is 0. The number of anilines is 1. The van der Waals surface area contributed by atoms with E-state index in [2.05, 4.69) is 10.5 Å². The molecule has 0 saturated carbocycles. The van der Waals surface area contributed by atoms with Gasteiger partial charge in [0.25, 0.3) is 5.91 Å². The lowest BCUT2D eigenvalue weighted by atomic mass is 10.1. The Kier molecular flexibility index (Phi) is 4.45. The largest absolute Gasteiger partial charge is 0.409 e. The van der Waals surface area contributed by atoms with Crippen molar-refractivity contribution in [2.75, 3.05) is 5.32 Å². The molecule has 0 saturated heterocycles. The monoisotopic (exact) mass is 303 g/mol. The molecule has 21 heavy (non-hydrogen) atoms. The first-order chi connectivity index (χ1) is 10.0. The van der Waals surface area contributed by atoms with Crippen LogP contribution >= 0.6 is 11.6 Å². The summed E-state index contributed by atoms with van der Waals surface area (Å²) in [4.78, 5) is 12.1. The van der Waals surface area contributed by atoms with E-state index < -0.39 is 0 Å². The summed E-state index contributed by atoms with van der Waals surface area (Å²) in [5, 5.41) is 14.9. The Bertz CT molecular complexity index is 697. The summed E-state index contributed by atoms with van der Waals surface area (Å²) in [7, 11) is 0. The number of oxime groups is 1. The number of nitrogens with one attached hydrogen (secondary N) is 1. The van der Waals surface area contributed by atoms with Crippen LogP contribution in [0.1, 0.15) is 21.5 Å². The van der Waals surface area contributed by atoms with E-state index >= 15 is 0 Å². The quantitative estimate of drug-likeness (QED) is 0.352. The topological polar surface area (TPSA) is 87.7 Å². The predicted molar refractivity (Wildman–Crippen MR) is 83.1 cm³/mol. The highest BCUT2D eigenvalue weighted by atomic mass is 35.5. The molecule has 0 aliphatic carbocycles. The zero-order valence-corrected chi connectivity index (χ0v) is 12.1. The Hall–Kier alpha value is -2.53. The molecular weight excluding hydrogens is 290 g/mol. The third kappa shape index (κ3) is 3.52. The zero-order valence-electron chi connectivity index (χ0n) is 11.3. The van der Waals surface area contributed by atoms with Gasteiger partial charge in [-0.25, -0.2) is 0 Å². The molecule has 0 atom stereocenters. The van der Waals surface area contributed by atoms with Gasteiger partial charge in [0.1, 0.15) is 0 Å². The van der Waals surface area contributed by atoms with E-state index in [1.54, 1.807) is 42.5 Å². The molecule has 0 aliphatic rings. The minimum absolute atomic E-state index is 0.0150. The van der Waals surface area contributed by atoms with E-state index in [-0.39, 0.29) is 11.7 Å². The van der Waals surface area contributed by atoms with Crippen molar-refractivity contribution in [3.05, 3.63) is 64.2 Å². The van der Waals surface area contributed by atoms with Crippen molar-refractivity contribution in [1.82, 2.24) is 0 Å². The number of amidine groups is 1. The van der Waals surface area contributed by atoms with Crippen LogP contribution in [0, 0.1) is 6.92 Å². The van der Waals surface area contributed by atoms with Gasteiger partial charge >= 0.3 is 0 Å². The van der Waals surface area contributed by atoms with Crippen LogP contribution in [0.25, 0.3) is 0 Å². The van der Waals surface area contributed by atoms with Crippen molar-refractivity contribution in [3.8, 4) is 0 Å². The van der Waals surface area contributed by atoms with Crippen molar-refractivity contribution in [3.63, 3.8) is 0 Å². The first kappa shape index (κ1) is 14.9. The Morgan fingerprint density at radius 3 is 2.38 bits per heavy atom. The molecule has 0 bridgehead atoms. The fourth-order valence-corrected chi connectivity index (χ4v) is 1.89. The maximum atomic E-state index is 12.1. The summed E-state index contributed by atoms with van der Waals surface area (Å²) in [5.74, 6) is -0.215. The molecule has 2 aromatic rings. The SMILES string of the molecule is Cc1cc(C(=O)Nc2ccc(/C(N)=N/O)cc2)ccc1Cl. The Morgan fingerprint density at radius 2 is 1.81 bits per heavy atom. The van der Waals surface area contributed by atoms with Gasteiger partial charge in [-0.05, 0) is 55.0 Å². The predicted octanol–water partition coefficient (Wildman–Crippen LogP) is 3.00. The second kappa shape index (κ2) is 6.28. The van der Waals surface area contributed by atoms with E-state index in [4.69, 9.17) is 22.5 Å². The highest BCUT2D eigenvalue weighted by molar-refractivity contribution is 6.31. The molecule has 2 aromatic carbocycles. The molecular formula is C15H14ClN3O2. The van der Waals surface area contributed by atoms with Gasteiger partial charge in [-0.3, -0.25) is 4.79 Å². The first-order valence-electron chi connectivity index (χ1n) is 6.16. The van der Waals surface area contributed by atoms with Gasteiger partial charge in [-0.2, -0.15) is 0 Å². The van der Waals surface area contributed by atoms with Crippen LogP contribution in [0.2, 0.25) is 5.02 Å². The third-order valence-corrected chi connectivity index (χ3v) is 3.39. The van der Waals surface area contributed by atoms with Gasteiger partial charge in [-0.1, -0.05) is 16.8 Å². The second-order valence-corrected chi connectivity index (χ2v) is 4.89. The molecule has 5 nitrogen and oxygen atoms in total. The van der Waals surface area contributed by atoms with Gasteiger partial charge in [0.2, 0.25) is 0 Å². The van der Waals surface area contributed by atoms with E-state index in [0.29, 0.717) is 21.8 Å². The van der Waals surface area contributed by atoms with Gasteiger partial charge in [0.15, 0.2) is 5.84 Å². The van der Waals surface area contributed by atoms with Gasteiger partial charge in [0, 0.05) is 21.8 Å². The highest BCUT2D eigenvalue weighted by Gasteiger charge is 2.08. The molecule has 2 rings (SSSR count). The summed E-state index contributed by atoms with van der Waals surface area (Å²) in [6.45, 7) is 1.84. The number of benzene rings is 2. The summed E-state index contributed by atoms with van der Waals surface area (Å²) in [6.07, 6.45) is 0. The lowest BCUT2D eigenvalue weighted by molar-refractivity contribution is 0.102. The summed E-state index contributed by atoms with van der Waals surface area (Å²) in [6, 6.07) is 11.7. The van der Waals surface area contributed by atoms with Crippen LogP contribution in [-0.4, -0.2) is 17.0 Å². The standard InChI is InChI=1S/C15H14ClN3O2/c1-9-8-11(4-7-13(9)16)15(20)18-12-5-2-10(3-6-12)14(17)19-21/h2-8,21H,1H3,(H2,17,19)(H,18,20). The Balaban J connectivity index is 2.14. The minimum Gasteiger partial charge on any atom is -0.409 e. The normalized spacial score (nSPS) is 11.2. The van der Waals surface area contributed by atoms with Crippen LogP contribution in [0.15, 0.2) is 47.6 Å². The van der Waals surface area contributed by atoms with E-state index in [1.165, 1.54) is 0 Å². The zero-order chi connectivity index (χ0) is 15.4. The molecule has 0 unspecified atom stereocenters. The fourth-order valence-electron chi connectivity index (χ4n) is 1.77. The third-order valence-electron chi connectivity index (χ3n) is 2.97. The molecule has 0 aliphatic heterocycles. The molecule has 0 radical (unpaired) electrons. The molecule has 4 N–H and O–H groups in total. The number of carbonyl (C=O) groups excluding carboxylic acids is 1. The number of halogens is 1. The molecule has 0 fully saturated rings. The van der Waals surface area contributed by atoms with Crippen molar-refractivity contribution < 1.29 is 10.0 Å². The van der Waals surface area contributed by atoms with E-state index in [0.717, 1.165) is 5.56 Å². The van der Waals surface area contributed by atoms with Crippen LogP contribution < -0.4 is 11.1 Å². The maximum Gasteiger partial charge on any atom is 0.255 e. The molecule has 0 aromatic heterocycles. The van der Waals surface area contributed by atoms with Crippen molar-refractivity contribution >= 4 is 29.0 Å². The van der Waals surface area contributed by atoms with E-state index in [1.807, 2.05) is 6.92 Å². The number of nitrogens with two attached hydrogens (primary N) is 1. The summed E-state index contributed by atoms with van der Waals surface area (Å²) >= 11 is 5.93. The first-order valence-corrected chi connectivity index (χ1v) is 6.54. The average Bonchev–Trinajstić information content (AvgIpc) is 2.50. The number of amides is 1. The number of carbonyl (C=O) groups is 1. The number of aryl methyl sites for hydroxylation is 1. The molecule has 1 amide bonds. The highest BCUT2D eigenvalue weighted by Crippen LogP contribution is 2.17. The number of rotatable bonds is 3. The Labute approximate surface area is 127 Å². The fraction of sp³-hybridized carbons (Fsp3) is 0.0667. The Morgan fingerprint density at radius 1 is 1.19 bits per heavy atom. The van der Waals surface area contributed by atoms with Gasteiger partial charge in [-0.15, -0.1) is 0 Å². The van der Waals surface area contributed by atoms with Crippen LogP contribution in [0.5, 0.6) is 0 Å². The number of nitrogens with zero attached hydrogens (tertiary/aromatic N) is 1. The maximum absolute atomic E-state index is 12.1.